The number of non-ortho nitro benzene ring substituents is 1. The van der Waals surface area contributed by atoms with E-state index in [1.165, 1.54) is 34.9 Å². The van der Waals surface area contributed by atoms with Crippen molar-refractivity contribution in [3.63, 3.8) is 0 Å². The molecule has 6 nitrogen and oxygen atoms in total. The molecule has 2 aromatic carbocycles. The van der Waals surface area contributed by atoms with Crippen molar-refractivity contribution in [2.45, 2.75) is 20.4 Å². The number of nitro benzene ring substituents is 1. The minimum atomic E-state index is -0.431. The van der Waals surface area contributed by atoms with Crippen molar-refractivity contribution in [3.05, 3.63) is 73.8 Å². The third-order valence-corrected chi connectivity index (χ3v) is 5.14. The molecule has 0 N–H and O–H groups in total. The predicted molar refractivity (Wildman–Crippen MR) is 108 cm³/mol. The molecule has 1 aliphatic heterocycles. The zero-order chi connectivity index (χ0) is 19.4. The van der Waals surface area contributed by atoms with Crippen LogP contribution in [0.1, 0.15) is 22.3 Å². The fourth-order valence-corrected chi connectivity index (χ4v) is 3.33. The summed E-state index contributed by atoms with van der Waals surface area (Å²) >= 11 is 6.12. The Bertz CT molecular complexity index is 861. The second-order valence-corrected chi connectivity index (χ2v) is 7.27. The summed E-state index contributed by atoms with van der Waals surface area (Å²) in [6.45, 7) is 8.69. The number of rotatable bonds is 5. The van der Waals surface area contributed by atoms with Crippen LogP contribution in [-0.4, -0.2) is 47.2 Å². The first-order valence-electron chi connectivity index (χ1n) is 8.94. The highest BCUT2D eigenvalue weighted by Gasteiger charge is 2.16. The van der Waals surface area contributed by atoms with E-state index in [0.717, 1.165) is 32.7 Å². The Kier molecular flexibility index (Phi) is 6.08. The van der Waals surface area contributed by atoms with Crippen molar-refractivity contribution in [1.29, 1.82) is 0 Å². The topological polar surface area (TPSA) is 62.0 Å². The van der Waals surface area contributed by atoms with E-state index in [1.54, 1.807) is 6.21 Å². The first-order valence-corrected chi connectivity index (χ1v) is 9.31. The molecule has 0 amide bonds. The smallest absolute Gasteiger partial charge is 0.270 e. The van der Waals surface area contributed by atoms with Crippen molar-refractivity contribution in [1.82, 2.24) is 9.91 Å². The lowest BCUT2D eigenvalue weighted by molar-refractivity contribution is -0.384. The molecule has 0 spiro atoms. The van der Waals surface area contributed by atoms with Crippen LogP contribution in [0.25, 0.3) is 0 Å². The van der Waals surface area contributed by atoms with Crippen LogP contribution in [0.4, 0.5) is 5.69 Å². The summed E-state index contributed by atoms with van der Waals surface area (Å²) in [4.78, 5) is 12.9. The van der Waals surface area contributed by atoms with Crippen LogP contribution in [0, 0.1) is 24.0 Å². The lowest BCUT2D eigenvalue weighted by Crippen LogP contribution is -2.43. The fourth-order valence-electron chi connectivity index (χ4n) is 3.16. The van der Waals surface area contributed by atoms with Gasteiger partial charge < -0.3 is 0 Å². The van der Waals surface area contributed by atoms with Gasteiger partial charge in [0.25, 0.3) is 5.69 Å². The molecule has 1 saturated heterocycles. The molecule has 0 unspecified atom stereocenters. The number of halogens is 1. The number of nitro groups is 1. The zero-order valence-electron chi connectivity index (χ0n) is 15.6. The molecule has 3 rings (SSSR count). The molecule has 0 aliphatic carbocycles. The highest BCUT2D eigenvalue weighted by molar-refractivity contribution is 6.33. The van der Waals surface area contributed by atoms with E-state index in [0.29, 0.717) is 10.6 Å². The van der Waals surface area contributed by atoms with Crippen LogP contribution < -0.4 is 0 Å². The highest BCUT2D eigenvalue weighted by atomic mass is 35.5. The van der Waals surface area contributed by atoms with Crippen LogP contribution in [0.15, 0.2) is 41.5 Å². The molecule has 0 aromatic heterocycles. The Morgan fingerprint density at radius 2 is 1.89 bits per heavy atom. The van der Waals surface area contributed by atoms with Crippen molar-refractivity contribution in [2.75, 3.05) is 26.2 Å². The quantitative estimate of drug-likeness (QED) is 0.442. The third kappa shape index (κ3) is 5.05. The van der Waals surface area contributed by atoms with Crippen molar-refractivity contribution in [2.24, 2.45) is 5.10 Å². The lowest BCUT2D eigenvalue weighted by atomic mass is 10.1. The molecule has 142 valence electrons. The number of aryl methyl sites for hydroxylation is 2. The zero-order valence-corrected chi connectivity index (χ0v) is 16.3. The lowest BCUT2D eigenvalue weighted by Gasteiger charge is -2.33. The summed E-state index contributed by atoms with van der Waals surface area (Å²) in [7, 11) is 0. The average Bonchev–Trinajstić information content (AvgIpc) is 2.64. The molecule has 0 atom stereocenters. The average molecular weight is 387 g/mol. The van der Waals surface area contributed by atoms with Gasteiger partial charge in [-0.25, -0.2) is 0 Å². The van der Waals surface area contributed by atoms with E-state index < -0.39 is 4.92 Å². The molecule has 0 bridgehead atoms. The van der Waals surface area contributed by atoms with Gasteiger partial charge in [0.15, 0.2) is 0 Å². The molecule has 1 aliphatic rings. The Labute approximate surface area is 164 Å². The van der Waals surface area contributed by atoms with Gasteiger partial charge in [0.2, 0.25) is 0 Å². The molecule has 0 radical (unpaired) electrons. The van der Waals surface area contributed by atoms with Gasteiger partial charge in [-0.05, 0) is 31.0 Å². The van der Waals surface area contributed by atoms with Gasteiger partial charge in [0, 0.05) is 55.4 Å². The number of hydrazone groups is 1. The van der Waals surface area contributed by atoms with E-state index in [-0.39, 0.29) is 5.69 Å². The van der Waals surface area contributed by atoms with Crippen LogP contribution in [0.3, 0.4) is 0 Å². The van der Waals surface area contributed by atoms with Gasteiger partial charge in [0.1, 0.15) is 0 Å². The fraction of sp³-hybridized carbons (Fsp3) is 0.350. The largest absolute Gasteiger partial charge is 0.295 e. The summed E-state index contributed by atoms with van der Waals surface area (Å²) in [6.07, 6.45) is 1.61. The Balaban J connectivity index is 1.57. The van der Waals surface area contributed by atoms with Crippen LogP contribution in [-0.2, 0) is 6.54 Å². The summed E-state index contributed by atoms with van der Waals surface area (Å²) in [5, 5.41) is 17.8. The minimum Gasteiger partial charge on any atom is -0.295 e. The number of benzene rings is 2. The van der Waals surface area contributed by atoms with E-state index in [2.05, 4.69) is 42.0 Å². The summed E-state index contributed by atoms with van der Waals surface area (Å²) < 4.78 is 0. The van der Waals surface area contributed by atoms with Gasteiger partial charge in [-0.2, -0.15) is 5.10 Å². The Morgan fingerprint density at radius 3 is 2.56 bits per heavy atom. The van der Waals surface area contributed by atoms with Crippen molar-refractivity contribution in [3.8, 4) is 0 Å². The Morgan fingerprint density at radius 1 is 1.15 bits per heavy atom. The van der Waals surface area contributed by atoms with E-state index in [4.69, 9.17) is 11.6 Å². The summed E-state index contributed by atoms with van der Waals surface area (Å²) in [6, 6.07) is 11.0. The molecule has 1 heterocycles. The van der Waals surface area contributed by atoms with Gasteiger partial charge in [0.05, 0.1) is 11.1 Å². The maximum atomic E-state index is 10.9. The number of hydrogen-bond donors (Lipinski definition) is 0. The molecule has 1 fully saturated rings. The molecular weight excluding hydrogens is 364 g/mol. The molecule has 7 heteroatoms. The van der Waals surface area contributed by atoms with Crippen LogP contribution in [0.2, 0.25) is 5.02 Å². The molecule has 27 heavy (non-hydrogen) atoms. The van der Waals surface area contributed by atoms with Gasteiger partial charge >= 0.3 is 0 Å². The Hall–Kier alpha value is -2.44. The van der Waals surface area contributed by atoms with Gasteiger partial charge in [-0.3, -0.25) is 20.0 Å². The predicted octanol–water partition coefficient (Wildman–Crippen LogP) is 4.02. The minimum absolute atomic E-state index is 0.0131. The molecule has 2 aromatic rings. The van der Waals surface area contributed by atoms with Crippen molar-refractivity contribution >= 4 is 23.5 Å². The first-order chi connectivity index (χ1) is 12.9. The first kappa shape index (κ1) is 19.3. The summed E-state index contributed by atoms with van der Waals surface area (Å²) in [5.41, 5.74) is 4.55. The highest BCUT2D eigenvalue weighted by Crippen LogP contribution is 2.21. The monoisotopic (exact) mass is 386 g/mol. The van der Waals surface area contributed by atoms with Gasteiger partial charge in [-0.15, -0.1) is 0 Å². The van der Waals surface area contributed by atoms with E-state index >= 15 is 0 Å². The maximum absolute atomic E-state index is 10.9. The molecule has 0 saturated carbocycles. The second-order valence-electron chi connectivity index (χ2n) is 6.87. The standard InChI is InChI=1S/C20H23ClN4O2/c1-15-3-4-17(16(2)11-15)14-23-7-9-24(10-8-23)22-13-18-12-19(25(26)27)5-6-20(18)21/h3-6,11-13H,7-10,14H2,1-2H3. The SMILES string of the molecule is Cc1ccc(CN2CCN(N=Cc3cc([N+](=O)[O-])ccc3Cl)CC2)c(C)c1. The number of hydrogen-bond acceptors (Lipinski definition) is 5. The van der Waals surface area contributed by atoms with Gasteiger partial charge in [-0.1, -0.05) is 35.4 Å². The van der Waals surface area contributed by atoms with Crippen molar-refractivity contribution < 1.29 is 4.92 Å². The number of piperazine rings is 1. The van der Waals surface area contributed by atoms with Crippen LogP contribution >= 0.6 is 11.6 Å². The normalized spacial score (nSPS) is 15.4. The summed E-state index contributed by atoms with van der Waals surface area (Å²) in [5.74, 6) is 0. The molecular formula is C20H23ClN4O2. The number of nitrogens with zero attached hydrogens (tertiary/aromatic N) is 4. The van der Waals surface area contributed by atoms with E-state index in [9.17, 15) is 10.1 Å². The third-order valence-electron chi connectivity index (χ3n) is 4.79. The van der Waals surface area contributed by atoms with E-state index in [1.807, 2.05) is 5.01 Å². The van der Waals surface area contributed by atoms with Crippen LogP contribution in [0.5, 0.6) is 0 Å². The second kappa shape index (κ2) is 8.50. The maximum Gasteiger partial charge on any atom is 0.270 e.